The third kappa shape index (κ3) is 6.12. The number of nitrogens with one attached hydrogen (secondary N) is 4. The summed E-state index contributed by atoms with van der Waals surface area (Å²) in [5.74, 6) is -0.335. The van der Waals surface area contributed by atoms with Gasteiger partial charge in [0.05, 0.1) is 29.2 Å². The number of hydrogen-bond acceptors (Lipinski definition) is 6. The number of carbonyl (C=O) groups is 2. The Bertz CT molecular complexity index is 778. The Morgan fingerprint density at radius 3 is 2.40 bits per heavy atom. The second kappa shape index (κ2) is 10.4. The molecule has 5 rings (SSSR count). The maximum absolute atomic E-state index is 13.8. The van der Waals surface area contributed by atoms with Gasteiger partial charge in [-0.2, -0.15) is 0 Å². The van der Waals surface area contributed by atoms with Crippen LogP contribution < -0.4 is 21.3 Å². The van der Waals surface area contributed by atoms with E-state index in [0.29, 0.717) is 57.5 Å². The first-order valence-corrected chi connectivity index (χ1v) is 13.5. The zero-order valence-electron chi connectivity index (χ0n) is 21.2. The second-order valence-electron chi connectivity index (χ2n) is 12.3. The van der Waals surface area contributed by atoms with Crippen LogP contribution in [-0.2, 0) is 14.3 Å². The molecule has 1 aliphatic heterocycles. The summed E-state index contributed by atoms with van der Waals surface area (Å²) in [5.41, 5.74) is -1.03. The third-order valence-corrected chi connectivity index (χ3v) is 9.18. The molecule has 8 nitrogen and oxygen atoms in total. The lowest BCUT2D eigenvalue weighted by Gasteiger charge is -2.56. The molecule has 0 aromatic heterocycles. The summed E-state index contributed by atoms with van der Waals surface area (Å²) in [5, 5.41) is 23.6. The van der Waals surface area contributed by atoms with E-state index in [4.69, 9.17) is 16.3 Å². The normalized spacial score (nSPS) is 41.9. The molecule has 4 aliphatic carbocycles. The number of aliphatic hydroxyl groups excluding tert-OH is 1. The molecule has 5 N–H and O–H groups in total. The van der Waals surface area contributed by atoms with Gasteiger partial charge in [-0.25, -0.2) is 4.39 Å². The number of piperazine rings is 1. The van der Waals surface area contributed by atoms with Crippen molar-refractivity contribution in [3.8, 4) is 0 Å². The van der Waals surface area contributed by atoms with Crippen LogP contribution in [0.1, 0.15) is 72.1 Å². The number of amides is 2. The standard InChI is InChI=1S/C25H42ClFN4O4/c1-23(2,3)19-13-28-18(12-29-19)22(34)31-24-6-8-25(9-7-24,20(32)11-24)30-21(33)14-35-15-4-5-16(26)17(27)10-15/h15-20,28-29,32H,4-14H2,1-3H3,(H,30,33)(H,31,34)/t15?,16?,17?,18?,19?,20-,24?,25?/m0/s1. The average molecular weight is 517 g/mol. The van der Waals surface area contributed by atoms with Gasteiger partial charge in [0.2, 0.25) is 11.8 Å². The van der Waals surface area contributed by atoms with E-state index in [-0.39, 0.29) is 42.4 Å². The predicted molar refractivity (Wildman–Crippen MR) is 132 cm³/mol. The number of carbonyl (C=O) groups excluding carboxylic acids is 2. The van der Waals surface area contributed by atoms with Gasteiger partial charge in [0.15, 0.2) is 0 Å². The third-order valence-electron chi connectivity index (χ3n) is 8.69. The van der Waals surface area contributed by atoms with Crippen molar-refractivity contribution in [2.75, 3.05) is 19.7 Å². The highest BCUT2D eigenvalue weighted by atomic mass is 35.5. The number of rotatable bonds is 6. The van der Waals surface area contributed by atoms with Gasteiger partial charge < -0.3 is 31.1 Å². The van der Waals surface area contributed by atoms with Gasteiger partial charge in [-0.1, -0.05) is 20.8 Å². The minimum Gasteiger partial charge on any atom is -0.391 e. The van der Waals surface area contributed by atoms with Crippen LogP contribution in [0.5, 0.6) is 0 Å². The van der Waals surface area contributed by atoms with Gasteiger partial charge in [0.1, 0.15) is 12.8 Å². The molecule has 200 valence electrons. The molecular formula is C25H42ClFN4O4. The predicted octanol–water partition coefficient (Wildman–Crippen LogP) is 1.53. The number of hydrogen-bond donors (Lipinski definition) is 5. The molecule has 1 saturated heterocycles. The quantitative estimate of drug-likeness (QED) is 0.342. The van der Waals surface area contributed by atoms with E-state index < -0.39 is 28.7 Å². The Morgan fingerprint density at radius 2 is 1.83 bits per heavy atom. The molecule has 0 aromatic carbocycles. The lowest BCUT2D eigenvalue weighted by molar-refractivity contribution is -0.140. The molecule has 0 radical (unpaired) electrons. The van der Waals surface area contributed by atoms with Crippen molar-refractivity contribution in [3.05, 3.63) is 0 Å². The SMILES string of the molecule is CC(C)(C)C1CNC(C(=O)NC23CCC(NC(=O)COC4CCC(Cl)C(F)C4)(CC2)[C@@H](O)C3)CN1. The zero-order chi connectivity index (χ0) is 25.4. The van der Waals surface area contributed by atoms with Crippen molar-refractivity contribution in [3.63, 3.8) is 0 Å². The molecule has 2 amide bonds. The summed E-state index contributed by atoms with van der Waals surface area (Å²) in [6.45, 7) is 7.68. The molecular weight excluding hydrogens is 475 g/mol. The maximum atomic E-state index is 13.8. The molecule has 4 saturated carbocycles. The van der Waals surface area contributed by atoms with Crippen LogP contribution in [0.2, 0.25) is 0 Å². The minimum absolute atomic E-state index is 0.0401. The van der Waals surface area contributed by atoms with Crippen LogP contribution in [0.4, 0.5) is 4.39 Å². The number of aliphatic hydroxyl groups is 1. The first kappa shape index (κ1) is 27.0. The van der Waals surface area contributed by atoms with E-state index in [1.165, 1.54) is 0 Å². The number of alkyl halides is 2. The Morgan fingerprint density at radius 1 is 1.11 bits per heavy atom. The smallest absolute Gasteiger partial charge is 0.246 e. The highest BCUT2D eigenvalue weighted by Gasteiger charge is 2.55. The van der Waals surface area contributed by atoms with E-state index in [1.807, 2.05) is 0 Å². The Balaban J connectivity index is 1.24. The topological polar surface area (TPSA) is 112 Å². The van der Waals surface area contributed by atoms with Gasteiger partial charge in [-0.3, -0.25) is 9.59 Å². The van der Waals surface area contributed by atoms with Gasteiger partial charge in [0, 0.05) is 31.1 Å². The van der Waals surface area contributed by atoms with Gasteiger partial charge in [-0.15, -0.1) is 11.6 Å². The van der Waals surface area contributed by atoms with Crippen molar-refractivity contribution in [2.24, 2.45) is 5.41 Å². The molecule has 0 aromatic rings. The highest BCUT2D eigenvalue weighted by Crippen LogP contribution is 2.47. The van der Waals surface area contributed by atoms with E-state index in [2.05, 4.69) is 42.0 Å². The van der Waals surface area contributed by atoms with Gasteiger partial charge in [0.25, 0.3) is 0 Å². The Kier molecular flexibility index (Phi) is 8.04. The first-order chi connectivity index (χ1) is 16.4. The number of halogens is 2. The molecule has 35 heavy (non-hydrogen) atoms. The van der Waals surface area contributed by atoms with Crippen molar-refractivity contribution in [1.29, 1.82) is 0 Å². The molecule has 2 bridgehead atoms. The zero-order valence-corrected chi connectivity index (χ0v) is 21.9. The van der Waals surface area contributed by atoms with Crippen molar-refractivity contribution < 1.29 is 23.8 Å². The monoisotopic (exact) mass is 516 g/mol. The first-order valence-electron chi connectivity index (χ1n) is 13.1. The summed E-state index contributed by atoms with van der Waals surface area (Å²) in [4.78, 5) is 25.7. The van der Waals surface area contributed by atoms with Crippen molar-refractivity contribution in [1.82, 2.24) is 21.3 Å². The summed E-state index contributed by atoms with van der Waals surface area (Å²) in [7, 11) is 0. The van der Waals surface area contributed by atoms with Crippen LogP contribution in [0.25, 0.3) is 0 Å². The number of fused-ring (bicyclic) bond motifs is 3. The largest absolute Gasteiger partial charge is 0.391 e. The number of ether oxygens (including phenoxy) is 1. The van der Waals surface area contributed by atoms with Crippen LogP contribution in [-0.4, -0.2) is 83.5 Å². The highest BCUT2D eigenvalue weighted by molar-refractivity contribution is 6.21. The fourth-order valence-corrected chi connectivity index (χ4v) is 6.40. The minimum atomic E-state index is -1.11. The van der Waals surface area contributed by atoms with Crippen molar-refractivity contribution >= 4 is 23.4 Å². The molecule has 5 unspecified atom stereocenters. The lowest BCUT2D eigenvalue weighted by Crippen LogP contribution is -2.72. The van der Waals surface area contributed by atoms with Gasteiger partial charge in [-0.05, 0) is 50.4 Å². The van der Waals surface area contributed by atoms with Crippen LogP contribution in [0, 0.1) is 5.41 Å². The van der Waals surface area contributed by atoms with Gasteiger partial charge >= 0.3 is 0 Å². The fourth-order valence-electron chi connectivity index (χ4n) is 6.17. The molecule has 0 spiro atoms. The van der Waals surface area contributed by atoms with Crippen LogP contribution >= 0.6 is 11.6 Å². The summed E-state index contributed by atoms with van der Waals surface area (Å²) < 4.78 is 19.5. The second-order valence-corrected chi connectivity index (χ2v) is 12.8. The Hall–Kier alpha value is -1.00. The van der Waals surface area contributed by atoms with E-state index in [0.717, 1.165) is 6.54 Å². The lowest BCUT2D eigenvalue weighted by atomic mass is 9.59. The molecule has 1 heterocycles. The molecule has 10 heteroatoms. The van der Waals surface area contributed by atoms with E-state index in [9.17, 15) is 19.1 Å². The summed E-state index contributed by atoms with van der Waals surface area (Å²) in [6.07, 6.45) is 2.20. The van der Waals surface area contributed by atoms with Crippen LogP contribution in [0.15, 0.2) is 0 Å². The summed E-state index contributed by atoms with van der Waals surface area (Å²) >= 11 is 5.92. The van der Waals surface area contributed by atoms with Crippen molar-refractivity contribution in [2.45, 2.75) is 119 Å². The molecule has 5 fully saturated rings. The molecule has 5 aliphatic rings. The summed E-state index contributed by atoms with van der Waals surface area (Å²) in [6, 6.07) is 0.00114. The van der Waals surface area contributed by atoms with Crippen LogP contribution in [0.3, 0.4) is 0 Å². The Labute approximate surface area is 212 Å². The van der Waals surface area contributed by atoms with E-state index >= 15 is 0 Å². The maximum Gasteiger partial charge on any atom is 0.246 e. The molecule has 6 atom stereocenters. The average Bonchev–Trinajstić information content (AvgIpc) is 2.80. The fraction of sp³-hybridized carbons (Fsp3) is 0.920. The van der Waals surface area contributed by atoms with E-state index in [1.54, 1.807) is 0 Å².